The van der Waals surface area contributed by atoms with Crippen molar-refractivity contribution in [3.8, 4) is 0 Å². The normalized spacial score (nSPS) is 32.1. The molecule has 1 saturated carbocycles. The minimum absolute atomic E-state index is 0.0646. The Labute approximate surface area is 82.5 Å². The van der Waals surface area contributed by atoms with Crippen molar-refractivity contribution < 1.29 is 5.11 Å². The topological polar surface area (TPSA) is 20.2 Å². The molecule has 0 bridgehead atoms. The lowest BCUT2D eigenvalue weighted by atomic mass is 9.72. The second kappa shape index (κ2) is 4.99. The van der Waals surface area contributed by atoms with E-state index in [1.165, 1.54) is 32.1 Å². The number of hydrogen-bond acceptors (Lipinski definition) is 1. The van der Waals surface area contributed by atoms with Crippen molar-refractivity contribution in [3.05, 3.63) is 0 Å². The molecule has 0 heterocycles. The van der Waals surface area contributed by atoms with Gasteiger partial charge >= 0.3 is 0 Å². The maximum Gasteiger partial charge on any atom is 0.0593 e. The molecule has 0 aromatic rings. The summed E-state index contributed by atoms with van der Waals surface area (Å²) in [6.45, 7) is 6.52. The number of aliphatic hydroxyl groups excluding tert-OH is 1. The van der Waals surface area contributed by atoms with Crippen LogP contribution in [-0.4, -0.2) is 11.2 Å². The molecule has 78 valence electrons. The lowest BCUT2D eigenvalue weighted by Crippen LogP contribution is -2.33. The van der Waals surface area contributed by atoms with Crippen LogP contribution in [0.4, 0.5) is 0 Å². The molecule has 3 atom stereocenters. The van der Waals surface area contributed by atoms with E-state index in [2.05, 4.69) is 20.8 Å². The molecule has 0 saturated heterocycles. The van der Waals surface area contributed by atoms with Crippen molar-refractivity contribution in [1.29, 1.82) is 0 Å². The molecule has 0 aliphatic heterocycles. The first kappa shape index (κ1) is 11.0. The summed E-state index contributed by atoms with van der Waals surface area (Å²) in [6.07, 6.45) is 6.47. The highest BCUT2D eigenvalue weighted by Crippen LogP contribution is 2.36. The van der Waals surface area contributed by atoms with Crippen molar-refractivity contribution in [2.45, 2.75) is 59.0 Å². The highest BCUT2D eigenvalue weighted by molar-refractivity contribution is 4.81. The molecule has 1 heteroatoms. The Hall–Kier alpha value is -0.0400. The van der Waals surface area contributed by atoms with E-state index in [1.807, 2.05) is 0 Å². The second-order valence-electron chi connectivity index (χ2n) is 4.85. The molecule has 1 nitrogen and oxygen atoms in total. The molecule has 0 amide bonds. The molecular formula is C12H24O. The van der Waals surface area contributed by atoms with Gasteiger partial charge in [0.05, 0.1) is 6.10 Å². The monoisotopic (exact) mass is 184 g/mol. The zero-order chi connectivity index (χ0) is 9.84. The molecule has 1 N–H and O–H groups in total. The molecular weight excluding hydrogens is 160 g/mol. The van der Waals surface area contributed by atoms with Crippen molar-refractivity contribution >= 4 is 0 Å². The maximum absolute atomic E-state index is 10.1. The third kappa shape index (κ3) is 2.70. The predicted molar refractivity (Wildman–Crippen MR) is 56.6 cm³/mol. The van der Waals surface area contributed by atoms with E-state index in [4.69, 9.17) is 0 Å². The fraction of sp³-hybridized carbons (Fsp3) is 1.00. The Balaban J connectivity index is 2.53. The number of rotatable bonds is 3. The summed E-state index contributed by atoms with van der Waals surface area (Å²) in [5.74, 6) is 1.79. The van der Waals surface area contributed by atoms with Gasteiger partial charge in [0, 0.05) is 0 Å². The van der Waals surface area contributed by atoms with Crippen LogP contribution in [0.5, 0.6) is 0 Å². The highest BCUT2D eigenvalue weighted by atomic mass is 16.3. The molecule has 1 aliphatic rings. The summed E-state index contributed by atoms with van der Waals surface area (Å²) >= 11 is 0. The third-order valence-electron chi connectivity index (χ3n) is 3.61. The molecule has 0 spiro atoms. The maximum atomic E-state index is 10.1. The van der Waals surface area contributed by atoms with Crippen molar-refractivity contribution in [2.24, 2.45) is 17.8 Å². The lowest BCUT2D eigenvalue weighted by molar-refractivity contribution is 0.0142. The summed E-state index contributed by atoms with van der Waals surface area (Å²) in [7, 11) is 0. The summed E-state index contributed by atoms with van der Waals surface area (Å²) in [5.41, 5.74) is 0. The standard InChI is InChI=1S/C12H24O/c1-4-10-7-5-6-8-11(10)12(13)9(2)3/h9-13H,4-8H2,1-3H3. The van der Waals surface area contributed by atoms with Crippen LogP contribution in [0.25, 0.3) is 0 Å². The van der Waals surface area contributed by atoms with E-state index in [0.29, 0.717) is 11.8 Å². The molecule has 13 heavy (non-hydrogen) atoms. The Kier molecular flexibility index (Phi) is 4.24. The van der Waals surface area contributed by atoms with Gasteiger partial charge in [-0.3, -0.25) is 0 Å². The van der Waals surface area contributed by atoms with Crippen LogP contribution >= 0.6 is 0 Å². The smallest absolute Gasteiger partial charge is 0.0593 e. The summed E-state index contributed by atoms with van der Waals surface area (Å²) in [5, 5.41) is 10.1. The van der Waals surface area contributed by atoms with Gasteiger partial charge in [0.1, 0.15) is 0 Å². The fourth-order valence-corrected chi connectivity index (χ4v) is 2.69. The van der Waals surface area contributed by atoms with E-state index in [-0.39, 0.29) is 6.10 Å². The fourth-order valence-electron chi connectivity index (χ4n) is 2.69. The quantitative estimate of drug-likeness (QED) is 0.714. The number of aliphatic hydroxyl groups is 1. The van der Waals surface area contributed by atoms with Crippen LogP contribution in [0.3, 0.4) is 0 Å². The number of hydrogen-bond donors (Lipinski definition) is 1. The molecule has 0 aromatic heterocycles. The molecule has 0 radical (unpaired) electrons. The predicted octanol–water partition coefficient (Wildman–Crippen LogP) is 3.22. The highest BCUT2D eigenvalue weighted by Gasteiger charge is 2.30. The molecule has 1 fully saturated rings. The van der Waals surface area contributed by atoms with Gasteiger partial charge < -0.3 is 5.11 Å². The summed E-state index contributed by atoms with van der Waals surface area (Å²) in [4.78, 5) is 0. The van der Waals surface area contributed by atoms with Crippen LogP contribution in [0.15, 0.2) is 0 Å². The van der Waals surface area contributed by atoms with Gasteiger partial charge in [-0.15, -0.1) is 0 Å². The second-order valence-corrected chi connectivity index (χ2v) is 4.85. The average Bonchev–Trinajstić information content (AvgIpc) is 2.16. The van der Waals surface area contributed by atoms with Crippen LogP contribution < -0.4 is 0 Å². The zero-order valence-corrected chi connectivity index (χ0v) is 9.29. The first-order chi connectivity index (χ1) is 6.16. The van der Waals surface area contributed by atoms with E-state index < -0.39 is 0 Å². The van der Waals surface area contributed by atoms with E-state index >= 15 is 0 Å². The third-order valence-corrected chi connectivity index (χ3v) is 3.61. The van der Waals surface area contributed by atoms with Gasteiger partial charge in [-0.05, 0) is 24.2 Å². The zero-order valence-electron chi connectivity index (χ0n) is 9.29. The van der Waals surface area contributed by atoms with Gasteiger partial charge in [-0.2, -0.15) is 0 Å². The Morgan fingerprint density at radius 2 is 1.85 bits per heavy atom. The Morgan fingerprint density at radius 3 is 2.38 bits per heavy atom. The van der Waals surface area contributed by atoms with Crippen LogP contribution in [-0.2, 0) is 0 Å². The minimum Gasteiger partial charge on any atom is -0.393 e. The lowest BCUT2D eigenvalue weighted by Gasteiger charge is -2.36. The van der Waals surface area contributed by atoms with Crippen LogP contribution in [0.1, 0.15) is 52.9 Å². The van der Waals surface area contributed by atoms with Crippen LogP contribution in [0.2, 0.25) is 0 Å². The molecule has 1 rings (SSSR count). The molecule has 0 aromatic carbocycles. The van der Waals surface area contributed by atoms with Crippen molar-refractivity contribution in [2.75, 3.05) is 0 Å². The van der Waals surface area contributed by atoms with Gasteiger partial charge in [-0.1, -0.05) is 46.5 Å². The van der Waals surface area contributed by atoms with Gasteiger partial charge in [0.25, 0.3) is 0 Å². The average molecular weight is 184 g/mol. The molecule has 3 unspecified atom stereocenters. The SMILES string of the molecule is CCC1CCCCC1C(O)C(C)C. The van der Waals surface area contributed by atoms with Crippen LogP contribution in [0, 0.1) is 17.8 Å². The van der Waals surface area contributed by atoms with Gasteiger partial charge in [0.2, 0.25) is 0 Å². The van der Waals surface area contributed by atoms with E-state index in [9.17, 15) is 5.11 Å². The minimum atomic E-state index is -0.0646. The first-order valence-corrected chi connectivity index (χ1v) is 5.84. The first-order valence-electron chi connectivity index (χ1n) is 5.84. The van der Waals surface area contributed by atoms with Gasteiger partial charge in [0.15, 0.2) is 0 Å². The van der Waals surface area contributed by atoms with E-state index in [1.54, 1.807) is 0 Å². The largest absolute Gasteiger partial charge is 0.393 e. The molecule has 1 aliphatic carbocycles. The van der Waals surface area contributed by atoms with Gasteiger partial charge in [-0.25, -0.2) is 0 Å². The summed E-state index contributed by atoms with van der Waals surface area (Å²) in [6, 6.07) is 0. The van der Waals surface area contributed by atoms with Crippen molar-refractivity contribution in [3.63, 3.8) is 0 Å². The van der Waals surface area contributed by atoms with E-state index in [0.717, 1.165) is 5.92 Å². The summed E-state index contributed by atoms with van der Waals surface area (Å²) < 4.78 is 0. The Morgan fingerprint density at radius 1 is 1.23 bits per heavy atom. The Bertz CT molecular complexity index is 140. The van der Waals surface area contributed by atoms with Crippen molar-refractivity contribution in [1.82, 2.24) is 0 Å².